The number of nitrogens with one attached hydrogen (secondary N) is 1. The summed E-state index contributed by atoms with van der Waals surface area (Å²) in [6, 6.07) is 9.69. The molecule has 18 heavy (non-hydrogen) atoms. The van der Waals surface area contributed by atoms with E-state index in [2.05, 4.69) is 26.3 Å². The Morgan fingerprint density at radius 2 is 2.17 bits per heavy atom. The first-order chi connectivity index (χ1) is 8.65. The van der Waals surface area contributed by atoms with Gasteiger partial charge in [-0.1, -0.05) is 28.1 Å². The van der Waals surface area contributed by atoms with Crippen molar-refractivity contribution in [2.45, 2.75) is 19.5 Å². The molecule has 0 saturated carbocycles. The van der Waals surface area contributed by atoms with Crippen molar-refractivity contribution < 1.29 is 4.79 Å². The lowest BCUT2D eigenvalue weighted by Gasteiger charge is -2.14. The van der Waals surface area contributed by atoms with Crippen LogP contribution in [-0.4, -0.2) is 15.7 Å². The first-order valence-electron chi connectivity index (χ1n) is 5.67. The SMILES string of the molecule is CC(NC(=O)Cn1cccn1)c1ccc(Br)cc1. The van der Waals surface area contributed by atoms with Crippen LogP contribution in [0.15, 0.2) is 47.2 Å². The van der Waals surface area contributed by atoms with Crippen molar-refractivity contribution in [3.8, 4) is 0 Å². The van der Waals surface area contributed by atoms with Gasteiger partial charge in [0.05, 0.1) is 6.04 Å². The molecule has 1 heterocycles. The Bertz CT molecular complexity index is 508. The fourth-order valence-corrected chi connectivity index (χ4v) is 1.93. The third kappa shape index (κ3) is 3.43. The Labute approximate surface area is 114 Å². The minimum Gasteiger partial charge on any atom is -0.348 e. The molecule has 1 atom stereocenters. The molecule has 0 saturated heterocycles. The summed E-state index contributed by atoms with van der Waals surface area (Å²) < 4.78 is 2.63. The summed E-state index contributed by atoms with van der Waals surface area (Å²) in [4.78, 5) is 11.8. The summed E-state index contributed by atoms with van der Waals surface area (Å²) >= 11 is 3.39. The number of carbonyl (C=O) groups is 1. The van der Waals surface area contributed by atoms with Crippen molar-refractivity contribution in [2.24, 2.45) is 0 Å². The van der Waals surface area contributed by atoms with Crippen molar-refractivity contribution in [2.75, 3.05) is 0 Å². The van der Waals surface area contributed by atoms with Gasteiger partial charge in [0.1, 0.15) is 6.54 Å². The minimum atomic E-state index is -0.0471. The highest BCUT2D eigenvalue weighted by atomic mass is 79.9. The lowest BCUT2D eigenvalue weighted by atomic mass is 10.1. The first kappa shape index (κ1) is 12.8. The Balaban J connectivity index is 1.92. The zero-order valence-corrected chi connectivity index (χ0v) is 11.6. The monoisotopic (exact) mass is 307 g/mol. The number of halogens is 1. The second kappa shape index (κ2) is 5.82. The van der Waals surface area contributed by atoms with Crippen molar-refractivity contribution in [1.29, 1.82) is 0 Å². The van der Waals surface area contributed by atoms with E-state index in [0.717, 1.165) is 10.0 Å². The van der Waals surface area contributed by atoms with E-state index in [-0.39, 0.29) is 18.5 Å². The van der Waals surface area contributed by atoms with Gasteiger partial charge in [-0.15, -0.1) is 0 Å². The molecule has 0 aliphatic heterocycles. The lowest BCUT2D eigenvalue weighted by molar-refractivity contribution is -0.122. The van der Waals surface area contributed by atoms with Gasteiger partial charge >= 0.3 is 0 Å². The second-order valence-electron chi connectivity index (χ2n) is 4.04. The fraction of sp³-hybridized carbons (Fsp3) is 0.231. The molecule has 1 unspecified atom stereocenters. The largest absolute Gasteiger partial charge is 0.348 e. The van der Waals surface area contributed by atoms with Gasteiger partial charge in [0.15, 0.2) is 0 Å². The van der Waals surface area contributed by atoms with E-state index < -0.39 is 0 Å². The highest BCUT2D eigenvalue weighted by Crippen LogP contribution is 2.16. The molecule has 4 nitrogen and oxygen atoms in total. The van der Waals surface area contributed by atoms with Gasteiger partial charge in [0.2, 0.25) is 5.91 Å². The predicted molar refractivity (Wildman–Crippen MR) is 72.9 cm³/mol. The van der Waals surface area contributed by atoms with Crippen molar-refractivity contribution in [1.82, 2.24) is 15.1 Å². The Kier molecular flexibility index (Phi) is 4.15. The maximum absolute atomic E-state index is 11.8. The summed E-state index contributed by atoms with van der Waals surface area (Å²) in [7, 11) is 0. The number of benzene rings is 1. The molecule has 94 valence electrons. The lowest BCUT2D eigenvalue weighted by Crippen LogP contribution is -2.30. The fourth-order valence-electron chi connectivity index (χ4n) is 1.66. The summed E-state index contributed by atoms with van der Waals surface area (Å²) in [6.07, 6.45) is 3.43. The highest BCUT2D eigenvalue weighted by molar-refractivity contribution is 9.10. The number of carbonyl (C=O) groups excluding carboxylic acids is 1. The molecule has 5 heteroatoms. The van der Waals surface area contributed by atoms with E-state index in [1.807, 2.05) is 31.2 Å². The van der Waals surface area contributed by atoms with Crippen LogP contribution in [0.25, 0.3) is 0 Å². The number of nitrogens with zero attached hydrogens (tertiary/aromatic N) is 2. The molecule has 1 aromatic carbocycles. The van der Waals surface area contributed by atoms with Gasteiger partial charge in [-0.2, -0.15) is 5.10 Å². The zero-order chi connectivity index (χ0) is 13.0. The van der Waals surface area contributed by atoms with Crippen LogP contribution in [0.3, 0.4) is 0 Å². The van der Waals surface area contributed by atoms with Gasteiger partial charge in [0.25, 0.3) is 0 Å². The summed E-state index contributed by atoms with van der Waals surface area (Å²) in [5, 5.41) is 6.94. The number of hydrogen-bond donors (Lipinski definition) is 1. The second-order valence-corrected chi connectivity index (χ2v) is 4.96. The van der Waals surface area contributed by atoms with E-state index in [9.17, 15) is 4.79 Å². The average molecular weight is 308 g/mol. The molecule has 1 aromatic heterocycles. The van der Waals surface area contributed by atoms with Gasteiger partial charge in [-0.3, -0.25) is 9.48 Å². The number of rotatable bonds is 4. The maximum atomic E-state index is 11.8. The third-order valence-corrected chi connectivity index (χ3v) is 3.14. The topological polar surface area (TPSA) is 46.9 Å². The van der Waals surface area contributed by atoms with Crippen LogP contribution in [0.2, 0.25) is 0 Å². The van der Waals surface area contributed by atoms with E-state index in [1.165, 1.54) is 0 Å². The number of amides is 1. The minimum absolute atomic E-state index is 0.0128. The van der Waals surface area contributed by atoms with Crippen LogP contribution >= 0.6 is 15.9 Å². The molecular weight excluding hydrogens is 294 g/mol. The first-order valence-corrected chi connectivity index (χ1v) is 6.47. The van der Waals surface area contributed by atoms with Gasteiger partial charge in [0, 0.05) is 16.9 Å². The number of aromatic nitrogens is 2. The Morgan fingerprint density at radius 3 is 2.78 bits per heavy atom. The third-order valence-electron chi connectivity index (χ3n) is 2.61. The van der Waals surface area contributed by atoms with Gasteiger partial charge in [-0.05, 0) is 30.7 Å². The summed E-state index contributed by atoms with van der Waals surface area (Å²) in [5.41, 5.74) is 1.08. The quantitative estimate of drug-likeness (QED) is 0.943. The van der Waals surface area contributed by atoms with E-state index in [1.54, 1.807) is 23.1 Å². The number of hydrogen-bond acceptors (Lipinski definition) is 2. The Morgan fingerprint density at radius 1 is 1.44 bits per heavy atom. The molecular formula is C13H14BrN3O. The van der Waals surface area contributed by atoms with Gasteiger partial charge < -0.3 is 5.32 Å². The predicted octanol–water partition coefficient (Wildman–Crippen LogP) is 2.52. The van der Waals surface area contributed by atoms with Crippen LogP contribution in [0, 0.1) is 0 Å². The zero-order valence-electron chi connectivity index (χ0n) is 10.0. The van der Waals surface area contributed by atoms with E-state index >= 15 is 0 Å². The van der Waals surface area contributed by atoms with Crippen molar-refractivity contribution in [3.05, 3.63) is 52.8 Å². The molecule has 1 amide bonds. The molecule has 2 rings (SSSR count). The molecule has 0 aliphatic rings. The molecule has 0 fully saturated rings. The van der Waals surface area contributed by atoms with E-state index in [0.29, 0.717) is 0 Å². The standard InChI is InChI=1S/C13H14BrN3O/c1-10(11-3-5-12(14)6-4-11)16-13(18)9-17-8-2-7-15-17/h2-8,10H,9H2,1H3,(H,16,18). The van der Waals surface area contributed by atoms with Crippen LogP contribution in [0.1, 0.15) is 18.5 Å². The molecule has 0 radical (unpaired) electrons. The van der Waals surface area contributed by atoms with Crippen LogP contribution in [0.4, 0.5) is 0 Å². The Hall–Kier alpha value is -1.62. The van der Waals surface area contributed by atoms with Crippen LogP contribution in [0.5, 0.6) is 0 Å². The van der Waals surface area contributed by atoms with Crippen LogP contribution < -0.4 is 5.32 Å². The maximum Gasteiger partial charge on any atom is 0.242 e. The smallest absolute Gasteiger partial charge is 0.242 e. The molecule has 0 bridgehead atoms. The molecule has 2 aromatic rings. The molecule has 0 aliphatic carbocycles. The van der Waals surface area contributed by atoms with Gasteiger partial charge in [-0.25, -0.2) is 0 Å². The highest BCUT2D eigenvalue weighted by Gasteiger charge is 2.09. The summed E-state index contributed by atoms with van der Waals surface area (Å²) in [5.74, 6) is -0.0471. The normalized spacial score (nSPS) is 12.1. The van der Waals surface area contributed by atoms with Crippen molar-refractivity contribution in [3.63, 3.8) is 0 Å². The van der Waals surface area contributed by atoms with E-state index in [4.69, 9.17) is 0 Å². The molecule has 1 N–H and O–H groups in total. The summed E-state index contributed by atoms with van der Waals surface area (Å²) in [6.45, 7) is 2.21. The van der Waals surface area contributed by atoms with Crippen molar-refractivity contribution >= 4 is 21.8 Å². The molecule has 0 spiro atoms. The average Bonchev–Trinajstić information content (AvgIpc) is 2.82. The van der Waals surface area contributed by atoms with Crippen LogP contribution in [-0.2, 0) is 11.3 Å².